The number of phenols is 1. The first-order chi connectivity index (χ1) is 8.56. The SMILES string of the molecule is Cc1ccc(C(=O)N(C)CCCCCCl)cc1O. The largest absolute Gasteiger partial charge is 0.508 e. The van der Waals surface area contributed by atoms with Crippen LogP contribution in [0.1, 0.15) is 35.2 Å². The van der Waals surface area contributed by atoms with Crippen LogP contribution in [0, 0.1) is 6.92 Å². The molecule has 3 nitrogen and oxygen atoms in total. The van der Waals surface area contributed by atoms with Gasteiger partial charge < -0.3 is 10.0 Å². The molecule has 0 aliphatic rings. The Hall–Kier alpha value is -1.22. The molecule has 1 aromatic carbocycles. The molecule has 1 rings (SSSR count). The highest BCUT2D eigenvalue weighted by Gasteiger charge is 2.12. The highest BCUT2D eigenvalue weighted by atomic mass is 35.5. The second-order valence-electron chi connectivity index (χ2n) is 4.48. The summed E-state index contributed by atoms with van der Waals surface area (Å²) in [5.74, 6) is 0.774. The lowest BCUT2D eigenvalue weighted by Gasteiger charge is -2.17. The lowest BCUT2D eigenvalue weighted by molar-refractivity contribution is 0.0792. The zero-order valence-corrected chi connectivity index (χ0v) is 11.7. The van der Waals surface area contributed by atoms with Crippen LogP contribution in [0.2, 0.25) is 0 Å². The van der Waals surface area contributed by atoms with Gasteiger partial charge in [-0.2, -0.15) is 0 Å². The summed E-state index contributed by atoms with van der Waals surface area (Å²) in [6.07, 6.45) is 2.96. The highest BCUT2D eigenvalue weighted by molar-refractivity contribution is 6.17. The molecule has 0 bridgehead atoms. The molecule has 0 unspecified atom stereocenters. The first kappa shape index (κ1) is 14.8. The van der Waals surface area contributed by atoms with Gasteiger partial charge in [-0.15, -0.1) is 11.6 Å². The molecule has 4 heteroatoms. The summed E-state index contributed by atoms with van der Waals surface area (Å²) in [5.41, 5.74) is 1.30. The van der Waals surface area contributed by atoms with Crippen molar-refractivity contribution < 1.29 is 9.90 Å². The topological polar surface area (TPSA) is 40.5 Å². The van der Waals surface area contributed by atoms with E-state index in [0.717, 1.165) is 24.8 Å². The molecule has 18 heavy (non-hydrogen) atoms. The Balaban J connectivity index is 2.54. The van der Waals surface area contributed by atoms with E-state index < -0.39 is 0 Å². The van der Waals surface area contributed by atoms with Gasteiger partial charge in [0.1, 0.15) is 5.75 Å². The zero-order valence-electron chi connectivity index (χ0n) is 10.9. The maximum Gasteiger partial charge on any atom is 0.253 e. The van der Waals surface area contributed by atoms with Crippen LogP contribution in [0.25, 0.3) is 0 Å². The van der Waals surface area contributed by atoms with Crippen molar-refractivity contribution >= 4 is 17.5 Å². The number of aryl methyl sites for hydroxylation is 1. The number of halogens is 1. The van der Waals surface area contributed by atoms with E-state index in [1.807, 2.05) is 0 Å². The average Bonchev–Trinajstić information content (AvgIpc) is 2.37. The van der Waals surface area contributed by atoms with Gasteiger partial charge in [-0.05, 0) is 37.5 Å². The Morgan fingerprint density at radius 2 is 2.06 bits per heavy atom. The van der Waals surface area contributed by atoms with Crippen LogP contribution in [-0.4, -0.2) is 35.4 Å². The maximum absolute atomic E-state index is 12.1. The third-order valence-electron chi connectivity index (χ3n) is 2.93. The number of hydrogen-bond acceptors (Lipinski definition) is 2. The van der Waals surface area contributed by atoms with Crippen LogP contribution < -0.4 is 0 Å². The summed E-state index contributed by atoms with van der Waals surface area (Å²) < 4.78 is 0. The molecule has 0 spiro atoms. The number of aromatic hydroxyl groups is 1. The summed E-state index contributed by atoms with van der Waals surface area (Å²) in [6, 6.07) is 5.02. The molecule has 0 fully saturated rings. The zero-order chi connectivity index (χ0) is 13.5. The molecule has 1 aromatic rings. The molecule has 0 aliphatic carbocycles. The number of nitrogens with zero attached hydrogens (tertiary/aromatic N) is 1. The number of alkyl halides is 1. The predicted molar refractivity (Wildman–Crippen MR) is 74.4 cm³/mol. The molecule has 0 aliphatic heterocycles. The molecular weight excluding hydrogens is 250 g/mol. The third-order valence-corrected chi connectivity index (χ3v) is 3.20. The van der Waals surface area contributed by atoms with E-state index in [9.17, 15) is 9.90 Å². The van der Waals surface area contributed by atoms with Crippen molar-refractivity contribution in [3.63, 3.8) is 0 Å². The van der Waals surface area contributed by atoms with E-state index in [0.29, 0.717) is 18.0 Å². The fraction of sp³-hybridized carbons (Fsp3) is 0.500. The lowest BCUT2D eigenvalue weighted by Crippen LogP contribution is -2.27. The van der Waals surface area contributed by atoms with Gasteiger partial charge in [-0.25, -0.2) is 0 Å². The van der Waals surface area contributed by atoms with Crippen molar-refractivity contribution in [2.75, 3.05) is 19.5 Å². The van der Waals surface area contributed by atoms with Gasteiger partial charge in [0.15, 0.2) is 0 Å². The van der Waals surface area contributed by atoms with E-state index in [1.165, 1.54) is 6.07 Å². The molecule has 100 valence electrons. The van der Waals surface area contributed by atoms with Gasteiger partial charge in [0.05, 0.1) is 0 Å². The Bertz CT molecular complexity index is 407. The van der Waals surface area contributed by atoms with Crippen LogP contribution in [0.15, 0.2) is 18.2 Å². The summed E-state index contributed by atoms with van der Waals surface area (Å²) in [5, 5.41) is 9.59. The van der Waals surface area contributed by atoms with Gasteiger partial charge in [-0.1, -0.05) is 12.5 Å². The van der Waals surface area contributed by atoms with Crippen LogP contribution in [0.3, 0.4) is 0 Å². The third kappa shape index (κ3) is 4.22. The minimum atomic E-state index is -0.0591. The predicted octanol–water partition coefficient (Wildman–Crippen LogP) is 3.18. The van der Waals surface area contributed by atoms with Gasteiger partial charge in [0, 0.05) is 25.0 Å². The van der Waals surface area contributed by atoms with E-state index in [1.54, 1.807) is 31.0 Å². The van der Waals surface area contributed by atoms with Crippen LogP contribution in [0.4, 0.5) is 0 Å². The van der Waals surface area contributed by atoms with Gasteiger partial charge >= 0.3 is 0 Å². The minimum Gasteiger partial charge on any atom is -0.508 e. The van der Waals surface area contributed by atoms with Crippen molar-refractivity contribution in [1.29, 1.82) is 0 Å². The number of unbranched alkanes of at least 4 members (excludes halogenated alkanes) is 2. The van der Waals surface area contributed by atoms with Crippen LogP contribution in [-0.2, 0) is 0 Å². The van der Waals surface area contributed by atoms with Crippen LogP contribution >= 0.6 is 11.6 Å². The molecule has 0 aromatic heterocycles. The summed E-state index contributed by atoms with van der Waals surface area (Å²) in [6.45, 7) is 2.52. The number of phenolic OH excluding ortho intramolecular Hbond substituents is 1. The fourth-order valence-electron chi connectivity index (χ4n) is 1.68. The molecule has 0 radical (unpaired) electrons. The molecular formula is C14H20ClNO2. The molecule has 0 heterocycles. The number of rotatable bonds is 6. The van der Waals surface area contributed by atoms with E-state index in [-0.39, 0.29) is 11.7 Å². The number of hydrogen-bond donors (Lipinski definition) is 1. The van der Waals surface area contributed by atoms with Crippen molar-refractivity contribution in [3.8, 4) is 5.75 Å². The molecule has 1 amide bonds. The monoisotopic (exact) mass is 269 g/mol. The summed E-state index contributed by atoms with van der Waals surface area (Å²) in [4.78, 5) is 13.7. The number of amides is 1. The quantitative estimate of drug-likeness (QED) is 0.636. The van der Waals surface area contributed by atoms with Crippen molar-refractivity contribution in [1.82, 2.24) is 4.90 Å². The Labute approximate surface area is 113 Å². The van der Waals surface area contributed by atoms with E-state index in [4.69, 9.17) is 11.6 Å². The van der Waals surface area contributed by atoms with Crippen molar-refractivity contribution in [2.24, 2.45) is 0 Å². The number of carbonyl (C=O) groups excluding carboxylic acids is 1. The fourth-order valence-corrected chi connectivity index (χ4v) is 1.87. The lowest BCUT2D eigenvalue weighted by atomic mass is 10.1. The molecule has 0 atom stereocenters. The molecule has 0 saturated heterocycles. The Morgan fingerprint density at radius 3 is 2.67 bits per heavy atom. The summed E-state index contributed by atoms with van der Waals surface area (Å²) >= 11 is 5.60. The average molecular weight is 270 g/mol. The van der Waals surface area contributed by atoms with E-state index in [2.05, 4.69) is 0 Å². The van der Waals surface area contributed by atoms with Gasteiger partial charge in [-0.3, -0.25) is 4.79 Å². The first-order valence-corrected chi connectivity index (χ1v) is 6.70. The van der Waals surface area contributed by atoms with Gasteiger partial charge in [0.25, 0.3) is 5.91 Å². The maximum atomic E-state index is 12.1. The van der Waals surface area contributed by atoms with Crippen molar-refractivity contribution in [2.45, 2.75) is 26.2 Å². The highest BCUT2D eigenvalue weighted by Crippen LogP contribution is 2.18. The number of benzene rings is 1. The second kappa shape index (κ2) is 7.27. The summed E-state index contributed by atoms with van der Waals surface area (Å²) in [7, 11) is 1.78. The number of carbonyl (C=O) groups is 1. The van der Waals surface area contributed by atoms with E-state index >= 15 is 0 Å². The standard InChI is InChI=1S/C14H20ClNO2/c1-11-6-7-12(10-13(11)17)14(18)16(2)9-5-3-4-8-15/h6-7,10,17H,3-5,8-9H2,1-2H3. The van der Waals surface area contributed by atoms with Crippen molar-refractivity contribution in [3.05, 3.63) is 29.3 Å². The second-order valence-corrected chi connectivity index (χ2v) is 4.86. The minimum absolute atomic E-state index is 0.0591. The van der Waals surface area contributed by atoms with Gasteiger partial charge in [0.2, 0.25) is 0 Å². The Kier molecular flexibility index (Phi) is 5.99. The molecule has 1 N–H and O–H groups in total. The molecule has 0 saturated carbocycles. The van der Waals surface area contributed by atoms with Crippen LogP contribution in [0.5, 0.6) is 5.75 Å². The Morgan fingerprint density at radius 1 is 1.33 bits per heavy atom. The normalized spacial score (nSPS) is 10.4. The first-order valence-electron chi connectivity index (χ1n) is 6.17. The smallest absolute Gasteiger partial charge is 0.253 e.